The van der Waals surface area contributed by atoms with E-state index < -0.39 is 0 Å². The molecule has 2 fully saturated rings. The first kappa shape index (κ1) is 25.2. The summed E-state index contributed by atoms with van der Waals surface area (Å²) in [6, 6.07) is 6.09. The summed E-state index contributed by atoms with van der Waals surface area (Å²) >= 11 is 1.50. The molecule has 11 heteroatoms. The zero-order valence-electron chi connectivity index (χ0n) is 21.0. The first-order chi connectivity index (χ1) is 17.4. The van der Waals surface area contributed by atoms with Gasteiger partial charge in [-0.1, -0.05) is 11.3 Å². The van der Waals surface area contributed by atoms with Crippen LogP contribution in [0.2, 0.25) is 0 Å². The van der Waals surface area contributed by atoms with E-state index in [1.54, 1.807) is 6.20 Å². The number of pyridine rings is 1. The highest BCUT2D eigenvalue weighted by Gasteiger charge is 2.24. The smallest absolute Gasteiger partial charge is 0.225 e. The lowest BCUT2D eigenvalue weighted by Gasteiger charge is -2.35. The monoisotopic (exact) mass is 512 g/mol. The Hall–Kier alpha value is -2.44. The molecule has 0 bridgehead atoms. The fourth-order valence-corrected chi connectivity index (χ4v) is 5.57. The van der Waals surface area contributed by atoms with E-state index in [1.807, 2.05) is 18.2 Å². The maximum absolute atomic E-state index is 9.87. The van der Waals surface area contributed by atoms with Crippen LogP contribution in [0.15, 0.2) is 24.4 Å². The Labute approximate surface area is 215 Å². The van der Waals surface area contributed by atoms with Crippen LogP contribution in [0.3, 0.4) is 0 Å². The number of thiazole rings is 1. The molecular formula is C25H36N8O2S. The number of nitrogens with zero attached hydrogens (tertiary/aromatic N) is 5. The topological polar surface area (TPSA) is 120 Å². The predicted octanol–water partition coefficient (Wildman–Crippen LogP) is 3.14. The molecule has 1 aliphatic carbocycles. The third-order valence-corrected chi connectivity index (χ3v) is 7.58. The number of aliphatic hydroxyl groups is 1. The number of rotatable bonds is 9. The Morgan fingerprint density at radius 2 is 1.94 bits per heavy atom. The zero-order valence-corrected chi connectivity index (χ0v) is 21.9. The molecule has 4 heterocycles. The largest absolute Gasteiger partial charge is 0.393 e. The van der Waals surface area contributed by atoms with Crippen molar-refractivity contribution >= 4 is 38.6 Å². The molecular weight excluding hydrogens is 476 g/mol. The molecule has 194 valence electrons. The number of hydrogen-bond acceptors (Lipinski definition) is 11. The van der Waals surface area contributed by atoms with Crippen LogP contribution in [0.4, 0.5) is 16.9 Å². The molecule has 0 radical (unpaired) electrons. The van der Waals surface area contributed by atoms with E-state index in [4.69, 9.17) is 14.7 Å². The molecule has 36 heavy (non-hydrogen) atoms. The van der Waals surface area contributed by atoms with Crippen LogP contribution in [-0.2, 0) is 11.3 Å². The standard InChI is InChI=1S/C25H36N8O2S/c1-25(2,16-33-10-12-35-13-11-33)27-15-18-14-21(32-24-30-20-4-3-9-26-22(20)36-24)31-23(29-18)28-17-5-7-19(34)8-6-17/h3-4,9,14,17,19,27,34H,5-8,10-13,15-16H2,1-2H3,(H2,28,29,30,31,32)/t17-,19-. The lowest BCUT2D eigenvalue weighted by molar-refractivity contribution is 0.0268. The number of nitrogens with one attached hydrogen (secondary N) is 3. The van der Waals surface area contributed by atoms with Crippen LogP contribution >= 0.6 is 11.3 Å². The van der Waals surface area contributed by atoms with Gasteiger partial charge in [-0.25, -0.2) is 15.0 Å². The molecule has 0 unspecified atom stereocenters. The summed E-state index contributed by atoms with van der Waals surface area (Å²) in [6.07, 6.45) is 5.01. The van der Waals surface area contributed by atoms with E-state index in [-0.39, 0.29) is 17.7 Å². The molecule has 4 N–H and O–H groups in total. The molecule has 3 aromatic rings. The minimum Gasteiger partial charge on any atom is -0.393 e. The van der Waals surface area contributed by atoms with Gasteiger partial charge in [0.05, 0.1) is 25.0 Å². The number of morpholine rings is 1. The van der Waals surface area contributed by atoms with Crippen molar-refractivity contribution in [2.75, 3.05) is 43.5 Å². The third-order valence-electron chi connectivity index (χ3n) is 6.68. The molecule has 1 saturated carbocycles. The van der Waals surface area contributed by atoms with E-state index in [1.165, 1.54) is 11.3 Å². The van der Waals surface area contributed by atoms with Crippen molar-refractivity contribution in [3.63, 3.8) is 0 Å². The van der Waals surface area contributed by atoms with Crippen molar-refractivity contribution in [1.29, 1.82) is 0 Å². The summed E-state index contributed by atoms with van der Waals surface area (Å²) in [5, 5.41) is 21.2. The van der Waals surface area contributed by atoms with Crippen molar-refractivity contribution in [1.82, 2.24) is 30.2 Å². The maximum atomic E-state index is 9.87. The minimum atomic E-state index is -0.196. The van der Waals surface area contributed by atoms with Crippen molar-refractivity contribution in [2.45, 2.75) is 63.8 Å². The molecule has 2 aliphatic rings. The van der Waals surface area contributed by atoms with Gasteiger partial charge in [-0.2, -0.15) is 4.98 Å². The van der Waals surface area contributed by atoms with Crippen LogP contribution in [0.5, 0.6) is 0 Å². The van der Waals surface area contributed by atoms with Gasteiger partial charge in [-0.3, -0.25) is 4.90 Å². The molecule has 1 saturated heterocycles. The zero-order chi connectivity index (χ0) is 25.0. The van der Waals surface area contributed by atoms with Crippen molar-refractivity contribution in [2.24, 2.45) is 0 Å². The second-order valence-corrected chi connectivity index (χ2v) is 11.3. The van der Waals surface area contributed by atoms with Gasteiger partial charge in [0, 0.05) is 50.0 Å². The molecule has 0 spiro atoms. The highest BCUT2D eigenvalue weighted by atomic mass is 32.1. The molecule has 3 aromatic heterocycles. The molecule has 0 aromatic carbocycles. The van der Waals surface area contributed by atoms with Crippen LogP contribution in [-0.4, -0.2) is 80.5 Å². The number of ether oxygens (including phenoxy) is 1. The Kier molecular flexibility index (Phi) is 7.92. The Bertz CT molecular complexity index is 1110. The molecule has 0 atom stereocenters. The van der Waals surface area contributed by atoms with E-state index in [2.05, 4.69) is 44.7 Å². The van der Waals surface area contributed by atoms with E-state index in [0.29, 0.717) is 18.3 Å². The average molecular weight is 513 g/mol. The van der Waals surface area contributed by atoms with E-state index in [9.17, 15) is 5.11 Å². The summed E-state index contributed by atoms with van der Waals surface area (Å²) < 4.78 is 5.49. The highest BCUT2D eigenvalue weighted by molar-refractivity contribution is 7.21. The average Bonchev–Trinajstić information content (AvgIpc) is 3.27. The first-order valence-electron chi connectivity index (χ1n) is 12.8. The van der Waals surface area contributed by atoms with Gasteiger partial charge >= 0.3 is 0 Å². The lowest BCUT2D eigenvalue weighted by Crippen LogP contribution is -2.51. The van der Waals surface area contributed by atoms with Crippen LogP contribution < -0.4 is 16.0 Å². The van der Waals surface area contributed by atoms with Gasteiger partial charge in [-0.15, -0.1) is 0 Å². The summed E-state index contributed by atoms with van der Waals surface area (Å²) in [5.41, 5.74) is 1.69. The second kappa shape index (κ2) is 11.3. The Morgan fingerprint density at radius 3 is 2.72 bits per heavy atom. The number of anilines is 3. The summed E-state index contributed by atoms with van der Waals surface area (Å²) in [4.78, 5) is 22.0. The summed E-state index contributed by atoms with van der Waals surface area (Å²) in [5.74, 6) is 1.30. The number of hydrogen-bond donors (Lipinski definition) is 4. The van der Waals surface area contributed by atoms with Crippen LogP contribution in [0.25, 0.3) is 10.3 Å². The number of aromatic nitrogens is 4. The van der Waals surface area contributed by atoms with Crippen molar-refractivity contribution in [3.8, 4) is 0 Å². The molecule has 10 nitrogen and oxygen atoms in total. The van der Waals surface area contributed by atoms with Gasteiger partial charge in [-0.05, 0) is 51.7 Å². The van der Waals surface area contributed by atoms with E-state index >= 15 is 0 Å². The Morgan fingerprint density at radius 1 is 1.14 bits per heavy atom. The fourth-order valence-electron chi connectivity index (χ4n) is 4.76. The lowest BCUT2D eigenvalue weighted by atomic mass is 9.93. The normalized spacial score (nSPS) is 21.5. The second-order valence-electron chi connectivity index (χ2n) is 10.3. The third kappa shape index (κ3) is 6.86. The first-order valence-corrected chi connectivity index (χ1v) is 13.6. The van der Waals surface area contributed by atoms with Crippen molar-refractivity contribution < 1.29 is 9.84 Å². The van der Waals surface area contributed by atoms with E-state index in [0.717, 1.165) is 79.7 Å². The van der Waals surface area contributed by atoms with Gasteiger partial charge in [0.25, 0.3) is 0 Å². The maximum Gasteiger partial charge on any atom is 0.225 e. The quantitative estimate of drug-likeness (QED) is 0.340. The van der Waals surface area contributed by atoms with Gasteiger partial charge in [0.15, 0.2) is 5.13 Å². The predicted molar refractivity (Wildman–Crippen MR) is 143 cm³/mol. The minimum absolute atomic E-state index is 0.0817. The molecule has 0 amide bonds. The van der Waals surface area contributed by atoms with Crippen molar-refractivity contribution in [3.05, 3.63) is 30.1 Å². The fraction of sp³-hybridized carbons (Fsp3) is 0.600. The summed E-state index contributed by atoms with van der Waals surface area (Å²) in [6.45, 7) is 9.54. The molecule has 5 rings (SSSR count). The highest BCUT2D eigenvalue weighted by Crippen LogP contribution is 2.27. The number of fused-ring (bicyclic) bond motifs is 1. The number of aliphatic hydroxyl groups excluding tert-OH is 1. The van der Waals surface area contributed by atoms with Gasteiger partial charge in [0.2, 0.25) is 5.95 Å². The van der Waals surface area contributed by atoms with Crippen LogP contribution in [0, 0.1) is 0 Å². The molecule has 1 aliphatic heterocycles. The van der Waals surface area contributed by atoms with Gasteiger partial charge < -0.3 is 25.8 Å². The van der Waals surface area contributed by atoms with Gasteiger partial charge in [0.1, 0.15) is 16.2 Å². The Balaban J connectivity index is 1.31. The summed E-state index contributed by atoms with van der Waals surface area (Å²) in [7, 11) is 0. The SMILES string of the molecule is CC(C)(CN1CCOCC1)NCc1cc(Nc2nc3cccnc3s2)nc(N[C@H]2CC[C@H](O)CC2)n1. The van der Waals surface area contributed by atoms with Crippen LogP contribution in [0.1, 0.15) is 45.2 Å².